The number of carbonyl (C=O) groups is 1. The number of aryl methyl sites for hydroxylation is 1. The predicted molar refractivity (Wildman–Crippen MR) is 115 cm³/mol. The van der Waals surface area contributed by atoms with E-state index < -0.39 is 0 Å². The fourth-order valence-corrected chi connectivity index (χ4v) is 3.16. The summed E-state index contributed by atoms with van der Waals surface area (Å²) in [6.07, 6.45) is 3.20. The maximum Gasteiger partial charge on any atom is 0.248 e. The molecular weight excluding hydrogens is 388 g/mol. The number of benzene rings is 2. The summed E-state index contributed by atoms with van der Waals surface area (Å²) in [5, 5.41) is 5.81. The fraction of sp³-hybridized carbons (Fsp3) is 0.182. The van der Waals surface area contributed by atoms with E-state index in [1.807, 2.05) is 36.6 Å². The molecule has 0 radical (unpaired) electrons. The molecule has 0 aliphatic heterocycles. The third kappa shape index (κ3) is 5.83. The lowest BCUT2D eigenvalue weighted by atomic mass is 10.2. The Morgan fingerprint density at radius 2 is 1.86 bits per heavy atom. The molecule has 0 saturated heterocycles. The molecule has 0 unspecified atom stereocenters. The minimum absolute atomic E-state index is 0.268. The minimum atomic E-state index is -0.268. The minimum Gasteiger partial charge on any atom is -0.497 e. The van der Waals surface area contributed by atoms with Gasteiger partial charge in [0.15, 0.2) is 0 Å². The quantitative estimate of drug-likeness (QED) is 0.545. The topological polar surface area (TPSA) is 69.7 Å². The van der Waals surface area contributed by atoms with Crippen molar-refractivity contribution in [3.05, 3.63) is 70.2 Å². The number of ether oxygens (including phenoxy) is 3. The highest BCUT2D eigenvalue weighted by Gasteiger charge is 2.07. The van der Waals surface area contributed by atoms with Gasteiger partial charge in [-0.05, 0) is 42.8 Å². The summed E-state index contributed by atoms with van der Waals surface area (Å²) < 4.78 is 16.2. The van der Waals surface area contributed by atoms with E-state index in [9.17, 15) is 4.79 Å². The number of anilines is 1. The van der Waals surface area contributed by atoms with Crippen LogP contribution in [-0.2, 0) is 11.4 Å². The molecule has 0 saturated carbocycles. The molecule has 1 N–H and O–H groups in total. The third-order valence-electron chi connectivity index (χ3n) is 4.03. The molecule has 1 amide bonds. The van der Waals surface area contributed by atoms with Gasteiger partial charge >= 0.3 is 0 Å². The molecule has 3 rings (SSSR count). The molecule has 1 heterocycles. The molecule has 1 aromatic heterocycles. The Hall–Kier alpha value is -3.32. The van der Waals surface area contributed by atoms with Gasteiger partial charge in [0.1, 0.15) is 23.9 Å². The van der Waals surface area contributed by atoms with Crippen LogP contribution in [0.1, 0.15) is 16.3 Å². The number of rotatable bonds is 8. The second-order valence-corrected chi connectivity index (χ2v) is 7.17. The zero-order valence-corrected chi connectivity index (χ0v) is 17.3. The highest BCUT2D eigenvalue weighted by atomic mass is 32.1. The van der Waals surface area contributed by atoms with Crippen LogP contribution in [-0.4, -0.2) is 25.1 Å². The van der Waals surface area contributed by atoms with Crippen LogP contribution in [0.15, 0.2) is 53.9 Å². The average molecular weight is 410 g/mol. The van der Waals surface area contributed by atoms with Gasteiger partial charge in [-0.3, -0.25) is 4.79 Å². The summed E-state index contributed by atoms with van der Waals surface area (Å²) in [5.74, 6) is 1.67. The van der Waals surface area contributed by atoms with Crippen LogP contribution in [0.25, 0.3) is 6.08 Å². The average Bonchev–Trinajstić information content (AvgIpc) is 3.16. The molecule has 0 spiro atoms. The molecule has 0 aliphatic rings. The number of methoxy groups -OCH3 is 2. The maximum atomic E-state index is 12.3. The van der Waals surface area contributed by atoms with Gasteiger partial charge < -0.3 is 19.5 Å². The van der Waals surface area contributed by atoms with Gasteiger partial charge in [-0.25, -0.2) is 4.98 Å². The second-order valence-electron chi connectivity index (χ2n) is 6.10. The van der Waals surface area contributed by atoms with Crippen molar-refractivity contribution in [2.45, 2.75) is 13.5 Å². The maximum absolute atomic E-state index is 12.3. The number of thiazole rings is 1. The number of hydrogen-bond donors (Lipinski definition) is 1. The van der Waals surface area contributed by atoms with E-state index in [-0.39, 0.29) is 5.91 Å². The number of amides is 1. The monoisotopic (exact) mass is 410 g/mol. The fourth-order valence-electron chi connectivity index (χ4n) is 2.57. The summed E-state index contributed by atoms with van der Waals surface area (Å²) in [4.78, 5) is 16.6. The van der Waals surface area contributed by atoms with E-state index in [4.69, 9.17) is 14.2 Å². The van der Waals surface area contributed by atoms with Crippen molar-refractivity contribution in [1.82, 2.24) is 4.98 Å². The molecule has 6 nitrogen and oxygen atoms in total. The van der Waals surface area contributed by atoms with Crippen LogP contribution in [0.3, 0.4) is 0 Å². The zero-order valence-electron chi connectivity index (χ0n) is 16.5. The Morgan fingerprint density at radius 1 is 1.10 bits per heavy atom. The molecule has 0 fully saturated rings. The molecule has 0 bridgehead atoms. The molecule has 0 atom stereocenters. The lowest BCUT2D eigenvalue weighted by Crippen LogP contribution is -2.09. The molecule has 150 valence electrons. The van der Waals surface area contributed by atoms with Gasteiger partial charge in [-0.2, -0.15) is 0 Å². The van der Waals surface area contributed by atoms with Gasteiger partial charge in [-0.15, -0.1) is 11.3 Å². The van der Waals surface area contributed by atoms with Gasteiger partial charge in [0.05, 0.1) is 30.6 Å². The summed E-state index contributed by atoms with van der Waals surface area (Å²) in [6.45, 7) is 2.40. The van der Waals surface area contributed by atoms with E-state index in [1.54, 1.807) is 49.8 Å². The summed E-state index contributed by atoms with van der Waals surface area (Å²) in [7, 11) is 3.12. The van der Waals surface area contributed by atoms with Crippen LogP contribution in [0, 0.1) is 6.92 Å². The van der Waals surface area contributed by atoms with Crippen LogP contribution in [0.4, 0.5) is 5.69 Å². The first-order valence-electron chi connectivity index (χ1n) is 8.92. The standard InChI is InChI=1S/C22H22N2O4S/c1-15-23-17(14-29-15)13-28-18-7-4-16(5-8-18)6-11-22(25)24-20-12-19(26-2)9-10-21(20)27-3/h4-12,14H,13H2,1-3H3,(H,24,25)/b11-6+. The largest absolute Gasteiger partial charge is 0.497 e. The van der Waals surface area contributed by atoms with Crippen molar-refractivity contribution in [3.63, 3.8) is 0 Å². The molecular formula is C22H22N2O4S. The van der Waals surface area contributed by atoms with Crippen molar-refractivity contribution in [3.8, 4) is 17.2 Å². The molecule has 7 heteroatoms. The van der Waals surface area contributed by atoms with Crippen LogP contribution < -0.4 is 19.5 Å². The van der Waals surface area contributed by atoms with E-state index in [2.05, 4.69) is 10.3 Å². The normalized spacial score (nSPS) is 10.7. The van der Waals surface area contributed by atoms with Crippen LogP contribution in [0.2, 0.25) is 0 Å². The van der Waals surface area contributed by atoms with Crippen LogP contribution >= 0.6 is 11.3 Å². The summed E-state index contributed by atoms with van der Waals surface area (Å²) >= 11 is 1.60. The third-order valence-corrected chi connectivity index (χ3v) is 4.85. The lowest BCUT2D eigenvalue weighted by molar-refractivity contribution is -0.111. The van der Waals surface area contributed by atoms with Gasteiger partial charge in [0, 0.05) is 17.5 Å². The SMILES string of the molecule is COc1ccc(OC)c(NC(=O)/C=C/c2ccc(OCc3csc(C)n3)cc2)c1. The first kappa shape index (κ1) is 20.4. The van der Waals surface area contributed by atoms with E-state index >= 15 is 0 Å². The zero-order chi connectivity index (χ0) is 20.6. The number of nitrogens with zero attached hydrogens (tertiary/aromatic N) is 1. The number of carbonyl (C=O) groups excluding carboxylic acids is 1. The van der Waals surface area contributed by atoms with Gasteiger partial charge in [0.2, 0.25) is 5.91 Å². The molecule has 3 aromatic rings. The lowest BCUT2D eigenvalue weighted by Gasteiger charge is -2.10. The second kappa shape index (κ2) is 9.75. The Bertz CT molecular complexity index is 996. The first-order chi connectivity index (χ1) is 14.1. The van der Waals surface area contributed by atoms with Crippen molar-refractivity contribution in [1.29, 1.82) is 0 Å². The highest BCUT2D eigenvalue weighted by Crippen LogP contribution is 2.28. The van der Waals surface area contributed by atoms with E-state index in [0.717, 1.165) is 22.0 Å². The Balaban J connectivity index is 1.57. The number of aromatic nitrogens is 1. The smallest absolute Gasteiger partial charge is 0.248 e. The van der Waals surface area contributed by atoms with Crippen molar-refractivity contribution in [2.24, 2.45) is 0 Å². The van der Waals surface area contributed by atoms with Gasteiger partial charge in [-0.1, -0.05) is 12.1 Å². The first-order valence-corrected chi connectivity index (χ1v) is 9.80. The molecule has 0 aliphatic carbocycles. The summed E-state index contributed by atoms with van der Waals surface area (Å²) in [5.41, 5.74) is 2.35. The van der Waals surface area contributed by atoms with Crippen molar-refractivity contribution >= 4 is 29.0 Å². The Labute approximate surface area is 173 Å². The summed E-state index contributed by atoms with van der Waals surface area (Å²) in [6, 6.07) is 12.7. The van der Waals surface area contributed by atoms with Crippen molar-refractivity contribution < 1.29 is 19.0 Å². The van der Waals surface area contributed by atoms with Crippen LogP contribution in [0.5, 0.6) is 17.2 Å². The predicted octanol–water partition coefficient (Wildman–Crippen LogP) is 4.70. The van der Waals surface area contributed by atoms with E-state index in [0.29, 0.717) is 23.8 Å². The molecule has 2 aromatic carbocycles. The Kier molecular flexibility index (Phi) is 6.86. The number of hydrogen-bond acceptors (Lipinski definition) is 6. The van der Waals surface area contributed by atoms with E-state index in [1.165, 1.54) is 6.08 Å². The van der Waals surface area contributed by atoms with Gasteiger partial charge in [0.25, 0.3) is 0 Å². The van der Waals surface area contributed by atoms with Crippen molar-refractivity contribution in [2.75, 3.05) is 19.5 Å². The highest BCUT2D eigenvalue weighted by molar-refractivity contribution is 7.09. The number of nitrogens with one attached hydrogen (secondary N) is 1. The molecule has 29 heavy (non-hydrogen) atoms. The Morgan fingerprint density at radius 3 is 2.52 bits per heavy atom.